The molecule has 0 aliphatic heterocycles. The summed E-state index contributed by atoms with van der Waals surface area (Å²) in [6.07, 6.45) is 0. The van der Waals surface area contributed by atoms with Crippen LogP contribution in [0.25, 0.3) is 11.0 Å². The van der Waals surface area contributed by atoms with Crippen LogP contribution in [-0.2, 0) is 0 Å². The molecule has 1 aromatic heterocycles. The van der Waals surface area contributed by atoms with Crippen molar-refractivity contribution < 1.29 is 13.6 Å². The maximum absolute atomic E-state index is 13.5. The van der Waals surface area contributed by atoms with E-state index in [0.29, 0.717) is 11.1 Å². The molecule has 0 saturated heterocycles. The largest absolute Gasteiger partial charge is 0.453 e. The lowest BCUT2D eigenvalue weighted by atomic mass is 10.1. The van der Waals surface area contributed by atoms with Gasteiger partial charge in [-0.2, -0.15) is 0 Å². The van der Waals surface area contributed by atoms with Gasteiger partial charge in [-0.25, -0.2) is 4.39 Å². The van der Waals surface area contributed by atoms with Crippen LogP contribution in [-0.4, -0.2) is 5.78 Å². The topological polar surface area (TPSA) is 30.2 Å². The van der Waals surface area contributed by atoms with Crippen molar-refractivity contribution in [1.29, 1.82) is 0 Å². The smallest absolute Gasteiger partial charge is 0.228 e. The van der Waals surface area contributed by atoms with Crippen molar-refractivity contribution >= 4 is 32.7 Å². The number of hydrogen-bond acceptors (Lipinski definition) is 2. The number of fused-ring (bicyclic) bond motifs is 1. The first kappa shape index (κ1) is 13.1. The predicted octanol–water partition coefficient (Wildman–Crippen LogP) is 4.87. The molecule has 0 radical (unpaired) electrons. The van der Waals surface area contributed by atoms with Crippen molar-refractivity contribution in [2.75, 3.05) is 0 Å². The van der Waals surface area contributed by atoms with Crippen molar-refractivity contribution in [2.45, 2.75) is 6.92 Å². The molecular formula is C16H10BrFO2. The van der Waals surface area contributed by atoms with Gasteiger partial charge in [0.2, 0.25) is 5.78 Å². The maximum Gasteiger partial charge on any atom is 0.228 e. The van der Waals surface area contributed by atoms with Gasteiger partial charge in [0.25, 0.3) is 0 Å². The Morgan fingerprint density at radius 2 is 1.95 bits per heavy atom. The summed E-state index contributed by atoms with van der Waals surface area (Å²) in [5.74, 6) is -0.507. The summed E-state index contributed by atoms with van der Waals surface area (Å²) in [7, 11) is 0. The van der Waals surface area contributed by atoms with Gasteiger partial charge in [0, 0.05) is 15.4 Å². The van der Waals surface area contributed by atoms with Crippen LogP contribution in [0.4, 0.5) is 4.39 Å². The number of benzene rings is 2. The normalized spacial score (nSPS) is 10.9. The van der Waals surface area contributed by atoms with Gasteiger partial charge in [-0.15, -0.1) is 0 Å². The SMILES string of the molecule is Cc1ccc(C(=O)c2cc3cc(Br)ccc3o2)cc1F. The van der Waals surface area contributed by atoms with Crippen molar-refractivity contribution in [2.24, 2.45) is 0 Å². The molecule has 0 bridgehead atoms. The van der Waals surface area contributed by atoms with E-state index in [1.807, 2.05) is 12.1 Å². The molecule has 0 amide bonds. The summed E-state index contributed by atoms with van der Waals surface area (Å²) >= 11 is 3.36. The van der Waals surface area contributed by atoms with Crippen LogP contribution in [0.2, 0.25) is 0 Å². The van der Waals surface area contributed by atoms with Crippen LogP contribution in [0.15, 0.2) is 51.4 Å². The van der Waals surface area contributed by atoms with Gasteiger partial charge in [-0.05, 0) is 42.8 Å². The van der Waals surface area contributed by atoms with E-state index in [2.05, 4.69) is 15.9 Å². The number of hydrogen-bond donors (Lipinski definition) is 0. The molecule has 100 valence electrons. The molecule has 0 aliphatic rings. The zero-order chi connectivity index (χ0) is 14.3. The first-order valence-electron chi connectivity index (χ1n) is 6.04. The Labute approximate surface area is 123 Å². The minimum absolute atomic E-state index is 0.210. The van der Waals surface area contributed by atoms with Crippen LogP contribution in [0.1, 0.15) is 21.7 Å². The van der Waals surface area contributed by atoms with Gasteiger partial charge >= 0.3 is 0 Å². The third-order valence-electron chi connectivity index (χ3n) is 3.14. The summed E-state index contributed by atoms with van der Waals surface area (Å²) in [5, 5.41) is 0.829. The molecule has 1 heterocycles. The van der Waals surface area contributed by atoms with Crippen molar-refractivity contribution in [1.82, 2.24) is 0 Å². The van der Waals surface area contributed by atoms with Gasteiger partial charge in [0.15, 0.2) is 5.76 Å². The Morgan fingerprint density at radius 3 is 2.70 bits per heavy atom. The minimum atomic E-state index is -0.394. The monoisotopic (exact) mass is 332 g/mol. The fourth-order valence-corrected chi connectivity index (χ4v) is 2.38. The van der Waals surface area contributed by atoms with E-state index in [1.54, 1.807) is 31.2 Å². The fraction of sp³-hybridized carbons (Fsp3) is 0.0625. The molecule has 0 unspecified atom stereocenters. The number of aryl methyl sites for hydroxylation is 1. The number of carbonyl (C=O) groups excluding carboxylic acids is 1. The number of ketones is 1. The van der Waals surface area contributed by atoms with Gasteiger partial charge in [0.05, 0.1) is 0 Å². The average Bonchev–Trinajstić information content (AvgIpc) is 2.84. The van der Waals surface area contributed by atoms with E-state index in [0.717, 1.165) is 9.86 Å². The highest BCUT2D eigenvalue weighted by atomic mass is 79.9. The molecule has 0 N–H and O–H groups in total. The first-order valence-corrected chi connectivity index (χ1v) is 6.84. The quantitative estimate of drug-likeness (QED) is 0.626. The number of furan rings is 1. The summed E-state index contributed by atoms with van der Waals surface area (Å²) in [6, 6.07) is 11.6. The lowest BCUT2D eigenvalue weighted by Gasteiger charge is -2.00. The Hall–Kier alpha value is -1.94. The second-order valence-corrected chi connectivity index (χ2v) is 5.50. The summed E-state index contributed by atoms with van der Waals surface area (Å²) < 4.78 is 19.9. The highest BCUT2D eigenvalue weighted by Gasteiger charge is 2.15. The Kier molecular flexibility index (Phi) is 3.18. The number of carbonyl (C=O) groups is 1. The molecule has 3 rings (SSSR count). The zero-order valence-corrected chi connectivity index (χ0v) is 12.2. The van der Waals surface area contributed by atoms with Crippen molar-refractivity contribution in [3.63, 3.8) is 0 Å². The van der Waals surface area contributed by atoms with E-state index in [1.165, 1.54) is 6.07 Å². The second kappa shape index (κ2) is 4.87. The molecule has 4 heteroatoms. The average molecular weight is 333 g/mol. The van der Waals surface area contributed by atoms with Gasteiger partial charge in [-0.1, -0.05) is 28.1 Å². The molecule has 20 heavy (non-hydrogen) atoms. The number of rotatable bonds is 2. The van der Waals surface area contributed by atoms with Gasteiger partial charge in [-0.3, -0.25) is 4.79 Å². The van der Waals surface area contributed by atoms with Gasteiger partial charge in [0.1, 0.15) is 11.4 Å². The highest BCUT2D eigenvalue weighted by Crippen LogP contribution is 2.25. The Morgan fingerprint density at radius 1 is 1.15 bits per heavy atom. The molecule has 0 saturated carbocycles. The summed E-state index contributed by atoms with van der Waals surface area (Å²) in [6.45, 7) is 1.66. The fourth-order valence-electron chi connectivity index (χ4n) is 2.00. The summed E-state index contributed by atoms with van der Waals surface area (Å²) in [5.41, 5.74) is 1.42. The standard InChI is InChI=1S/C16H10BrFO2/c1-9-2-3-10(7-13(9)18)16(19)15-8-11-6-12(17)4-5-14(11)20-15/h2-8H,1H3. The van der Waals surface area contributed by atoms with E-state index in [-0.39, 0.29) is 17.1 Å². The first-order chi connectivity index (χ1) is 9.54. The molecule has 2 aromatic carbocycles. The van der Waals surface area contributed by atoms with Crippen LogP contribution in [0.5, 0.6) is 0 Å². The van der Waals surface area contributed by atoms with E-state index >= 15 is 0 Å². The van der Waals surface area contributed by atoms with E-state index in [9.17, 15) is 9.18 Å². The van der Waals surface area contributed by atoms with Gasteiger partial charge < -0.3 is 4.42 Å². The van der Waals surface area contributed by atoms with Crippen molar-refractivity contribution in [3.05, 3.63) is 69.6 Å². The second-order valence-electron chi connectivity index (χ2n) is 4.59. The molecule has 0 fully saturated rings. The lowest BCUT2D eigenvalue weighted by Crippen LogP contribution is -2.00. The molecule has 0 atom stereocenters. The Balaban J connectivity index is 2.05. The molecule has 0 aliphatic carbocycles. The van der Waals surface area contributed by atoms with E-state index in [4.69, 9.17) is 4.42 Å². The van der Waals surface area contributed by atoms with Crippen LogP contribution >= 0.6 is 15.9 Å². The van der Waals surface area contributed by atoms with E-state index < -0.39 is 5.82 Å². The predicted molar refractivity (Wildman–Crippen MR) is 78.5 cm³/mol. The third kappa shape index (κ3) is 2.27. The van der Waals surface area contributed by atoms with Crippen LogP contribution in [0.3, 0.4) is 0 Å². The summed E-state index contributed by atoms with van der Waals surface area (Å²) in [4.78, 5) is 12.3. The number of halogens is 2. The highest BCUT2D eigenvalue weighted by molar-refractivity contribution is 9.10. The third-order valence-corrected chi connectivity index (χ3v) is 3.63. The Bertz CT molecular complexity index is 820. The minimum Gasteiger partial charge on any atom is -0.453 e. The van der Waals surface area contributed by atoms with Crippen LogP contribution < -0.4 is 0 Å². The lowest BCUT2D eigenvalue weighted by molar-refractivity contribution is 0.101. The zero-order valence-electron chi connectivity index (χ0n) is 10.6. The molecule has 2 nitrogen and oxygen atoms in total. The van der Waals surface area contributed by atoms with Crippen molar-refractivity contribution in [3.8, 4) is 0 Å². The molecule has 0 spiro atoms. The molecular weight excluding hydrogens is 323 g/mol. The molecule has 3 aromatic rings. The maximum atomic E-state index is 13.5. The van der Waals surface area contributed by atoms with Crippen LogP contribution in [0, 0.1) is 12.7 Å².